The molecule has 0 radical (unpaired) electrons. The largest absolute Gasteiger partial charge is 0.349 e. The molecule has 1 unspecified atom stereocenters. The van der Waals surface area contributed by atoms with Crippen molar-refractivity contribution in [1.29, 1.82) is 0 Å². The van der Waals surface area contributed by atoms with E-state index in [1.165, 1.54) is 70.7 Å². The molecule has 12 aromatic rings. The predicted molar refractivity (Wildman–Crippen MR) is 283 cm³/mol. The molecule has 314 valence electrons. The van der Waals surface area contributed by atoms with E-state index in [0.29, 0.717) is 0 Å². The van der Waals surface area contributed by atoms with Gasteiger partial charge in [-0.1, -0.05) is 212 Å². The highest BCUT2D eigenvalue weighted by Gasteiger charge is 2.28. The first-order valence-electron chi connectivity index (χ1n) is 23.1. The molecule has 0 N–H and O–H groups in total. The third-order valence-corrected chi connectivity index (χ3v) is 13.9. The van der Waals surface area contributed by atoms with Crippen LogP contribution < -0.4 is 0 Å². The third kappa shape index (κ3) is 6.50. The van der Waals surface area contributed by atoms with Gasteiger partial charge in [-0.3, -0.25) is 4.99 Å². The van der Waals surface area contributed by atoms with Crippen LogP contribution in [0.2, 0.25) is 0 Å². The van der Waals surface area contributed by atoms with Crippen LogP contribution in [-0.4, -0.2) is 22.6 Å². The molecule has 1 aromatic heterocycles. The molecule has 13 rings (SSSR count). The Kier molecular flexibility index (Phi) is 9.14. The molecule has 1 aliphatic rings. The smallest absolute Gasteiger partial charge is 0.148 e. The van der Waals surface area contributed by atoms with Crippen LogP contribution in [0.3, 0.4) is 0 Å². The molecule has 0 spiro atoms. The summed E-state index contributed by atoms with van der Waals surface area (Å²) in [5, 5.41) is 13.4. The Morgan fingerprint density at radius 2 is 0.925 bits per heavy atom. The molecule has 11 aromatic carbocycles. The molecule has 0 aliphatic carbocycles. The van der Waals surface area contributed by atoms with Crippen LogP contribution >= 0.6 is 0 Å². The van der Waals surface area contributed by atoms with Crippen molar-refractivity contribution < 1.29 is 0 Å². The number of aliphatic imine (C=N–C) groups is 1. The number of hydrogen-bond donors (Lipinski definition) is 0. The van der Waals surface area contributed by atoms with Gasteiger partial charge in [0.25, 0.3) is 0 Å². The highest BCUT2D eigenvalue weighted by molar-refractivity contribution is 6.19. The monoisotopic (exact) mass is 853 g/mol. The van der Waals surface area contributed by atoms with Gasteiger partial charge in [-0.15, -0.1) is 0 Å². The summed E-state index contributed by atoms with van der Waals surface area (Å²) < 4.78 is 0. The van der Waals surface area contributed by atoms with E-state index in [9.17, 15) is 0 Å². The van der Waals surface area contributed by atoms with Crippen molar-refractivity contribution in [1.82, 2.24) is 9.88 Å². The third-order valence-electron chi connectivity index (χ3n) is 13.9. The quantitative estimate of drug-likeness (QED) is 0.156. The van der Waals surface area contributed by atoms with Gasteiger partial charge < -0.3 is 4.90 Å². The number of fused-ring (bicyclic) bond motifs is 9. The van der Waals surface area contributed by atoms with Gasteiger partial charge >= 0.3 is 0 Å². The van der Waals surface area contributed by atoms with Crippen LogP contribution in [0.4, 0.5) is 0 Å². The van der Waals surface area contributed by atoms with Crippen LogP contribution in [0.15, 0.2) is 242 Å². The first-order chi connectivity index (χ1) is 33.1. The van der Waals surface area contributed by atoms with E-state index in [1.54, 1.807) is 0 Å². The molecular formula is C64H43N3. The Bertz CT molecular complexity index is 3980. The highest BCUT2D eigenvalue weighted by Crippen LogP contribution is 2.44. The fourth-order valence-electron chi connectivity index (χ4n) is 10.6. The van der Waals surface area contributed by atoms with E-state index < -0.39 is 0 Å². The van der Waals surface area contributed by atoms with Gasteiger partial charge in [0.1, 0.15) is 6.17 Å². The lowest BCUT2D eigenvalue weighted by Crippen LogP contribution is -2.27. The lowest BCUT2D eigenvalue weighted by atomic mass is 9.91. The average Bonchev–Trinajstić information content (AvgIpc) is 3.40. The molecule has 2 heterocycles. The van der Waals surface area contributed by atoms with E-state index in [4.69, 9.17) is 9.98 Å². The summed E-state index contributed by atoms with van der Waals surface area (Å²) in [6, 6.07) is 83.4. The van der Waals surface area contributed by atoms with Crippen LogP contribution in [0.25, 0.3) is 104 Å². The van der Waals surface area contributed by atoms with Gasteiger partial charge in [0.15, 0.2) is 0 Å². The molecule has 1 aliphatic heterocycles. The molecule has 0 bridgehead atoms. The van der Waals surface area contributed by atoms with Crippen molar-refractivity contribution in [3.05, 3.63) is 253 Å². The normalized spacial score (nSPS) is 14.0. The summed E-state index contributed by atoms with van der Waals surface area (Å²) in [6.07, 6.45) is 2.02. The SMILES string of the molecule is CN1C(c2cc3ccccc3c3ccccc23)=CC(c2ccc(-c3ccc4c(c3)nc(-c3ccccc3)c3cccc(-c5ccccc5)c34)cc2)=NC1c1cc2ccccc2c2ccccc12. The zero-order valence-corrected chi connectivity index (χ0v) is 36.9. The van der Waals surface area contributed by atoms with Crippen LogP contribution in [-0.2, 0) is 0 Å². The van der Waals surface area contributed by atoms with Gasteiger partial charge in [-0.2, -0.15) is 0 Å². The van der Waals surface area contributed by atoms with E-state index in [1.807, 2.05) is 0 Å². The van der Waals surface area contributed by atoms with E-state index >= 15 is 0 Å². The first-order valence-corrected chi connectivity index (χ1v) is 23.1. The number of allylic oxidation sites excluding steroid dienone is 1. The number of rotatable bonds is 6. The van der Waals surface area contributed by atoms with Gasteiger partial charge in [0.05, 0.1) is 16.9 Å². The van der Waals surface area contributed by atoms with Crippen LogP contribution in [0.5, 0.6) is 0 Å². The maximum atomic E-state index is 5.68. The minimum atomic E-state index is -0.282. The summed E-state index contributed by atoms with van der Waals surface area (Å²) in [5.74, 6) is 0. The maximum Gasteiger partial charge on any atom is 0.148 e. The van der Waals surface area contributed by atoms with Crippen molar-refractivity contribution in [3.8, 4) is 33.5 Å². The number of pyridine rings is 1. The average molecular weight is 854 g/mol. The first kappa shape index (κ1) is 38.8. The topological polar surface area (TPSA) is 28.5 Å². The Morgan fingerprint density at radius 1 is 0.373 bits per heavy atom. The molecule has 3 heteroatoms. The predicted octanol–water partition coefficient (Wildman–Crippen LogP) is 16.5. The molecule has 0 fully saturated rings. The number of aromatic nitrogens is 1. The van der Waals surface area contributed by atoms with E-state index in [-0.39, 0.29) is 6.17 Å². The number of nitrogens with zero attached hydrogens (tertiary/aromatic N) is 3. The second-order valence-electron chi connectivity index (χ2n) is 17.7. The second-order valence-corrected chi connectivity index (χ2v) is 17.7. The van der Waals surface area contributed by atoms with Gasteiger partial charge in [-0.05, 0) is 95.2 Å². The molecule has 0 saturated carbocycles. The second kappa shape index (κ2) is 15.8. The summed E-state index contributed by atoms with van der Waals surface area (Å²) in [7, 11) is 2.21. The van der Waals surface area contributed by atoms with Gasteiger partial charge in [-0.25, -0.2) is 4.98 Å². The lowest BCUT2D eigenvalue weighted by molar-refractivity contribution is 0.367. The summed E-state index contributed by atoms with van der Waals surface area (Å²) in [5.41, 5.74) is 13.2. The van der Waals surface area contributed by atoms with Crippen LogP contribution in [0.1, 0.15) is 22.9 Å². The molecule has 1 atom stereocenters. The Hall–Kier alpha value is -8.66. The summed E-state index contributed by atoms with van der Waals surface area (Å²) in [6.45, 7) is 0. The molecule has 3 nitrogen and oxygen atoms in total. The Balaban J connectivity index is 0.970. The molecule has 67 heavy (non-hydrogen) atoms. The van der Waals surface area contributed by atoms with E-state index in [2.05, 4.69) is 249 Å². The standard InChI is InChI=1S/C64H43N3/c1-67-61(57-37-46-21-8-10-23-48(46)51-25-12-14-27-53(51)57)40-59(66-64(67)58-38-47-22-9-11-24-49(47)52-26-13-15-28-54(52)58)43-33-31-41(32-34-43)45-35-36-55-60(39-45)65-63(44-19-6-3-7-20-44)56-30-16-29-50(62(55)56)42-17-4-2-5-18-42/h2-40,64H,1H3. The van der Waals surface area contributed by atoms with Crippen molar-refractivity contribution in [3.63, 3.8) is 0 Å². The Morgan fingerprint density at radius 3 is 1.64 bits per heavy atom. The molecule has 0 amide bonds. The summed E-state index contributed by atoms with van der Waals surface area (Å²) >= 11 is 0. The number of benzene rings is 11. The zero-order chi connectivity index (χ0) is 44.4. The van der Waals surface area contributed by atoms with Crippen LogP contribution in [0, 0.1) is 0 Å². The van der Waals surface area contributed by atoms with Crippen molar-refractivity contribution in [2.75, 3.05) is 7.05 Å². The van der Waals surface area contributed by atoms with E-state index in [0.717, 1.165) is 55.6 Å². The number of hydrogen-bond acceptors (Lipinski definition) is 3. The lowest BCUT2D eigenvalue weighted by Gasteiger charge is -2.35. The minimum absolute atomic E-state index is 0.282. The maximum absolute atomic E-state index is 5.68. The fourth-order valence-corrected chi connectivity index (χ4v) is 10.6. The van der Waals surface area contributed by atoms with Crippen molar-refractivity contribution in [2.24, 2.45) is 4.99 Å². The molecular weight excluding hydrogens is 811 g/mol. The van der Waals surface area contributed by atoms with Crippen molar-refractivity contribution in [2.45, 2.75) is 6.17 Å². The molecule has 0 saturated heterocycles. The van der Waals surface area contributed by atoms with Crippen molar-refractivity contribution >= 4 is 76.2 Å². The zero-order valence-electron chi connectivity index (χ0n) is 36.9. The Labute approximate surface area is 389 Å². The minimum Gasteiger partial charge on any atom is -0.349 e. The fraction of sp³-hybridized carbons (Fsp3) is 0.0312. The summed E-state index contributed by atoms with van der Waals surface area (Å²) in [4.78, 5) is 13.5. The van der Waals surface area contributed by atoms with Gasteiger partial charge in [0, 0.05) is 45.6 Å². The van der Waals surface area contributed by atoms with Gasteiger partial charge in [0.2, 0.25) is 0 Å². The highest BCUT2D eigenvalue weighted by atomic mass is 15.2.